The van der Waals surface area contributed by atoms with Gasteiger partial charge < -0.3 is 23.7 Å². The molecule has 2 aliphatic heterocycles. The Morgan fingerprint density at radius 3 is 2.20 bits per heavy atom. The van der Waals surface area contributed by atoms with Crippen molar-refractivity contribution in [1.29, 1.82) is 0 Å². The first kappa shape index (κ1) is 21.3. The third kappa shape index (κ3) is 4.47. The van der Waals surface area contributed by atoms with Gasteiger partial charge in [0.2, 0.25) is 0 Å². The number of rotatable bonds is 5. The minimum atomic E-state index is -1.84. The lowest BCUT2D eigenvalue weighted by Gasteiger charge is -2.37. The van der Waals surface area contributed by atoms with Crippen LogP contribution >= 0.6 is 0 Å². The molecule has 2 rings (SSSR count). The molecule has 2 saturated heterocycles. The zero-order valence-electron chi connectivity index (χ0n) is 17.3. The molecule has 0 amide bonds. The topological polar surface area (TPSA) is 57.2 Å². The largest absolute Gasteiger partial charge is 0.414 e. The molecule has 0 aromatic rings. The number of hydrogen-bond acceptors (Lipinski definition) is 5. The van der Waals surface area contributed by atoms with Crippen molar-refractivity contribution in [2.75, 3.05) is 6.61 Å². The number of aliphatic hydroxyl groups is 1. The summed E-state index contributed by atoms with van der Waals surface area (Å²) < 4.78 is 24.6. The molecule has 5 nitrogen and oxygen atoms in total. The molecule has 0 saturated carbocycles. The van der Waals surface area contributed by atoms with E-state index in [-0.39, 0.29) is 23.2 Å². The van der Waals surface area contributed by atoms with Gasteiger partial charge in [0.25, 0.3) is 0 Å². The molecule has 2 fully saturated rings. The van der Waals surface area contributed by atoms with E-state index in [1.165, 1.54) is 0 Å². The van der Waals surface area contributed by atoms with Crippen LogP contribution in [-0.4, -0.2) is 50.4 Å². The van der Waals surface area contributed by atoms with Gasteiger partial charge in [0.15, 0.2) is 20.4 Å². The van der Waals surface area contributed by atoms with Crippen LogP contribution in [0.15, 0.2) is 0 Å². The first-order valence-corrected chi connectivity index (χ1v) is 12.7. The fourth-order valence-electron chi connectivity index (χ4n) is 3.41. The van der Waals surface area contributed by atoms with Crippen molar-refractivity contribution in [1.82, 2.24) is 0 Å². The highest BCUT2D eigenvalue weighted by atomic mass is 28.4. The second kappa shape index (κ2) is 7.56. The molecule has 148 valence electrons. The predicted octanol–water partition coefficient (Wildman–Crippen LogP) is 4.05. The number of ether oxygens (including phenoxy) is 3. The maximum atomic E-state index is 10.6. The van der Waals surface area contributed by atoms with Crippen LogP contribution in [0.2, 0.25) is 18.1 Å². The molecule has 0 bridgehead atoms. The second-order valence-electron chi connectivity index (χ2n) is 9.22. The Kier molecular flexibility index (Phi) is 6.45. The normalized spacial score (nSPS) is 36.1. The average molecular weight is 375 g/mol. The van der Waals surface area contributed by atoms with E-state index in [2.05, 4.69) is 54.6 Å². The van der Waals surface area contributed by atoms with Gasteiger partial charge in [-0.1, -0.05) is 41.5 Å². The van der Waals surface area contributed by atoms with Gasteiger partial charge >= 0.3 is 0 Å². The van der Waals surface area contributed by atoms with Gasteiger partial charge in [-0.25, -0.2) is 0 Å². The minimum absolute atomic E-state index is 0.130. The molecule has 25 heavy (non-hydrogen) atoms. The third-order valence-corrected chi connectivity index (χ3v) is 10.8. The molecule has 0 aliphatic carbocycles. The van der Waals surface area contributed by atoms with Crippen LogP contribution in [0.1, 0.15) is 60.8 Å². The van der Waals surface area contributed by atoms with E-state index in [9.17, 15) is 5.11 Å². The van der Waals surface area contributed by atoms with Crippen molar-refractivity contribution in [2.45, 2.75) is 109 Å². The predicted molar refractivity (Wildman–Crippen MR) is 101 cm³/mol. The van der Waals surface area contributed by atoms with E-state index >= 15 is 0 Å². The second-order valence-corrected chi connectivity index (χ2v) is 14.0. The molecule has 0 aromatic heterocycles. The van der Waals surface area contributed by atoms with Crippen LogP contribution in [0.4, 0.5) is 0 Å². The molecule has 1 N–H and O–H groups in total. The average Bonchev–Trinajstić information content (AvgIpc) is 2.88. The molecular formula is C19H38O5Si. The lowest BCUT2D eigenvalue weighted by atomic mass is 9.95. The van der Waals surface area contributed by atoms with Gasteiger partial charge in [-0.2, -0.15) is 0 Å². The third-order valence-electron chi connectivity index (χ3n) is 6.35. The van der Waals surface area contributed by atoms with E-state index in [1.807, 2.05) is 0 Å². The molecule has 5 atom stereocenters. The Labute approximate surface area is 154 Å². The maximum absolute atomic E-state index is 10.6. The molecule has 1 unspecified atom stereocenters. The van der Waals surface area contributed by atoms with Gasteiger partial charge in [-0.15, -0.1) is 0 Å². The van der Waals surface area contributed by atoms with Gasteiger partial charge in [0, 0.05) is 0 Å². The number of aliphatic hydroxyl groups excluding tert-OH is 1. The lowest BCUT2D eigenvalue weighted by Crippen LogP contribution is -2.44. The summed E-state index contributed by atoms with van der Waals surface area (Å²) in [5.74, 6) is -0.339. The Balaban J connectivity index is 2.03. The molecule has 0 radical (unpaired) electrons. The van der Waals surface area contributed by atoms with E-state index in [0.717, 1.165) is 19.3 Å². The maximum Gasteiger partial charge on any atom is 0.192 e. The summed E-state index contributed by atoms with van der Waals surface area (Å²) in [7, 11) is -1.84. The van der Waals surface area contributed by atoms with Crippen LogP contribution in [-0.2, 0) is 18.6 Å². The molecule has 2 heterocycles. The van der Waals surface area contributed by atoms with Crippen molar-refractivity contribution >= 4 is 8.32 Å². The number of hydrogen-bond donors (Lipinski definition) is 1. The zero-order chi connectivity index (χ0) is 19.0. The highest BCUT2D eigenvalue weighted by Crippen LogP contribution is 2.42. The molecule has 0 aromatic carbocycles. The lowest BCUT2D eigenvalue weighted by molar-refractivity contribution is -0.231. The van der Waals surface area contributed by atoms with Crippen molar-refractivity contribution < 1.29 is 23.7 Å². The Morgan fingerprint density at radius 2 is 1.68 bits per heavy atom. The SMILES string of the molecule is CCC1(CC)O[C@@H]2[C@H](C)C[C@@H](CO[Si](C)(C)C(C)(C)C)OC(O)[C@@H]2O1. The summed E-state index contributed by atoms with van der Waals surface area (Å²) in [5, 5.41) is 10.7. The van der Waals surface area contributed by atoms with E-state index in [1.54, 1.807) is 0 Å². The van der Waals surface area contributed by atoms with Crippen molar-refractivity contribution in [2.24, 2.45) is 5.92 Å². The number of fused-ring (bicyclic) bond motifs is 1. The molecule has 2 aliphatic rings. The van der Waals surface area contributed by atoms with Gasteiger partial charge in [-0.3, -0.25) is 0 Å². The smallest absolute Gasteiger partial charge is 0.192 e. The van der Waals surface area contributed by atoms with Crippen LogP contribution in [0, 0.1) is 5.92 Å². The molecule has 6 heteroatoms. The molecule has 0 spiro atoms. The van der Waals surface area contributed by atoms with Gasteiger partial charge in [-0.05, 0) is 43.3 Å². The van der Waals surface area contributed by atoms with Crippen LogP contribution in [0.5, 0.6) is 0 Å². The summed E-state index contributed by atoms with van der Waals surface area (Å²) in [6, 6.07) is 0. The summed E-state index contributed by atoms with van der Waals surface area (Å²) in [6.45, 7) is 17.9. The van der Waals surface area contributed by atoms with Gasteiger partial charge in [0.1, 0.15) is 6.10 Å². The zero-order valence-corrected chi connectivity index (χ0v) is 18.3. The van der Waals surface area contributed by atoms with E-state index in [4.69, 9.17) is 18.6 Å². The Bertz CT molecular complexity index is 422. The monoisotopic (exact) mass is 374 g/mol. The first-order valence-electron chi connectivity index (χ1n) is 9.78. The summed E-state index contributed by atoms with van der Waals surface area (Å²) >= 11 is 0. The van der Waals surface area contributed by atoms with Crippen molar-refractivity contribution in [3.8, 4) is 0 Å². The van der Waals surface area contributed by atoms with E-state index in [0.29, 0.717) is 6.61 Å². The highest BCUT2D eigenvalue weighted by molar-refractivity contribution is 6.74. The van der Waals surface area contributed by atoms with Crippen LogP contribution in [0.25, 0.3) is 0 Å². The summed E-state index contributed by atoms with van der Waals surface area (Å²) in [4.78, 5) is 0. The van der Waals surface area contributed by atoms with E-state index < -0.39 is 26.5 Å². The summed E-state index contributed by atoms with van der Waals surface area (Å²) in [6.07, 6.45) is 0.694. The highest BCUT2D eigenvalue weighted by Gasteiger charge is 2.52. The first-order chi connectivity index (χ1) is 11.4. The fraction of sp³-hybridized carbons (Fsp3) is 1.00. The van der Waals surface area contributed by atoms with Crippen LogP contribution < -0.4 is 0 Å². The Morgan fingerprint density at radius 1 is 1.12 bits per heavy atom. The van der Waals surface area contributed by atoms with Gasteiger partial charge in [0.05, 0.1) is 18.8 Å². The molecular weight excluding hydrogens is 336 g/mol. The van der Waals surface area contributed by atoms with Crippen molar-refractivity contribution in [3.63, 3.8) is 0 Å². The minimum Gasteiger partial charge on any atom is -0.414 e. The Hall–Kier alpha value is 0.0169. The standard InChI is InChI=1S/C19H38O5Si/c1-9-19(10-2)23-15-13(3)11-14(22-17(20)16(15)24-19)12-21-25(7,8)18(4,5)6/h13-17,20H,9-12H2,1-8H3/t13-,14+,15-,16-,17?/m1/s1. The quantitative estimate of drug-likeness (QED) is 0.736. The fourth-order valence-corrected chi connectivity index (χ4v) is 4.44. The van der Waals surface area contributed by atoms with Crippen molar-refractivity contribution in [3.05, 3.63) is 0 Å². The summed E-state index contributed by atoms with van der Waals surface area (Å²) in [5.41, 5.74) is 0. The van der Waals surface area contributed by atoms with Crippen LogP contribution in [0.3, 0.4) is 0 Å².